The molecule has 0 unspecified atom stereocenters. The molecule has 4 nitrogen and oxygen atoms in total. The summed E-state index contributed by atoms with van der Waals surface area (Å²) in [4.78, 5) is 14.0. The van der Waals surface area contributed by atoms with E-state index in [0.717, 1.165) is 10.5 Å². The minimum absolute atomic E-state index is 0.0272. The number of amides is 1. The molecule has 2 rings (SSSR count). The van der Waals surface area contributed by atoms with Gasteiger partial charge in [0.15, 0.2) is 0 Å². The Hall–Kier alpha value is -1.62. The molecule has 5 heteroatoms. The first-order chi connectivity index (χ1) is 8.65. The number of hydrogen-bond donors (Lipinski definition) is 1. The maximum atomic E-state index is 13.7. The molecule has 0 spiro atoms. The Labute approximate surface area is 106 Å². The zero-order chi connectivity index (χ0) is 13.0. The van der Waals surface area contributed by atoms with Crippen LogP contribution in [0.25, 0.3) is 0 Å². The molecular weight excluding hydrogens is 235 g/mol. The number of halogens is 1. The van der Waals surface area contributed by atoms with Crippen molar-refractivity contribution in [3.8, 4) is 0 Å². The molecule has 1 atom stereocenters. The molecular formula is C13H17FN2O2. The summed E-state index contributed by atoms with van der Waals surface area (Å²) in [6.07, 6.45) is -2.16. The Bertz CT molecular complexity index is 399. The fourth-order valence-electron chi connectivity index (χ4n) is 2.18. The van der Waals surface area contributed by atoms with Crippen molar-refractivity contribution in [2.45, 2.75) is 12.7 Å². The van der Waals surface area contributed by atoms with E-state index in [9.17, 15) is 9.18 Å². The van der Waals surface area contributed by atoms with E-state index in [2.05, 4.69) is 0 Å². The van der Waals surface area contributed by atoms with E-state index in [-0.39, 0.29) is 6.54 Å². The normalized spacial score (nSPS) is 21.6. The Morgan fingerprint density at radius 1 is 1.28 bits per heavy atom. The number of nitrogens with zero attached hydrogens (tertiary/aromatic N) is 2. The summed E-state index contributed by atoms with van der Waals surface area (Å²) in [6, 6.07) is 9.82. The Morgan fingerprint density at radius 3 is 2.67 bits per heavy atom. The SMILES string of the molecule is O=C(O)N1CCN(Cc2ccccc2)C[C@@H](F)C1. The fraction of sp³-hybridized carbons (Fsp3) is 0.462. The van der Waals surface area contributed by atoms with Crippen LogP contribution in [0, 0.1) is 0 Å². The van der Waals surface area contributed by atoms with E-state index in [0.29, 0.717) is 26.2 Å². The van der Waals surface area contributed by atoms with Crippen LogP contribution in [0.3, 0.4) is 0 Å². The van der Waals surface area contributed by atoms with Gasteiger partial charge in [-0.25, -0.2) is 9.18 Å². The van der Waals surface area contributed by atoms with Crippen molar-refractivity contribution in [1.29, 1.82) is 0 Å². The average molecular weight is 252 g/mol. The first kappa shape index (κ1) is 12.8. The second-order valence-electron chi connectivity index (χ2n) is 4.55. The van der Waals surface area contributed by atoms with Crippen molar-refractivity contribution in [2.75, 3.05) is 26.2 Å². The predicted molar refractivity (Wildman–Crippen MR) is 66.2 cm³/mol. The van der Waals surface area contributed by atoms with Crippen molar-refractivity contribution in [3.05, 3.63) is 35.9 Å². The van der Waals surface area contributed by atoms with E-state index < -0.39 is 12.3 Å². The number of rotatable bonds is 2. The molecule has 0 aliphatic carbocycles. The highest BCUT2D eigenvalue weighted by molar-refractivity contribution is 5.65. The highest BCUT2D eigenvalue weighted by atomic mass is 19.1. The van der Waals surface area contributed by atoms with E-state index in [4.69, 9.17) is 5.11 Å². The Morgan fingerprint density at radius 2 is 2.00 bits per heavy atom. The topological polar surface area (TPSA) is 43.8 Å². The lowest BCUT2D eigenvalue weighted by Gasteiger charge is -2.20. The molecule has 1 N–H and O–H groups in total. The van der Waals surface area contributed by atoms with Crippen LogP contribution < -0.4 is 0 Å². The zero-order valence-corrected chi connectivity index (χ0v) is 10.1. The van der Waals surface area contributed by atoms with E-state index in [1.54, 1.807) is 0 Å². The van der Waals surface area contributed by atoms with Gasteiger partial charge < -0.3 is 10.0 Å². The zero-order valence-electron chi connectivity index (χ0n) is 10.1. The third kappa shape index (κ3) is 3.43. The third-order valence-corrected chi connectivity index (χ3v) is 3.08. The number of carboxylic acid groups (broad SMARTS) is 1. The fourth-order valence-corrected chi connectivity index (χ4v) is 2.18. The number of carbonyl (C=O) groups is 1. The summed E-state index contributed by atoms with van der Waals surface area (Å²) in [5.41, 5.74) is 1.12. The van der Waals surface area contributed by atoms with Gasteiger partial charge in [-0.1, -0.05) is 30.3 Å². The summed E-state index contributed by atoms with van der Waals surface area (Å²) in [6.45, 7) is 1.86. The van der Waals surface area contributed by atoms with Crippen molar-refractivity contribution in [3.63, 3.8) is 0 Å². The predicted octanol–water partition coefficient (Wildman–Crippen LogP) is 1.82. The van der Waals surface area contributed by atoms with E-state index in [1.807, 2.05) is 35.2 Å². The van der Waals surface area contributed by atoms with Crippen LogP contribution in [0.2, 0.25) is 0 Å². The van der Waals surface area contributed by atoms with E-state index in [1.165, 1.54) is 0 Å². The van der Waals surface area contributed by atoms with Gasteiger partial charge in [-0.05, 0) is 5.56 Å². The van der Waals surface area contributed by atoms with Crippen molar-refractivity contribution < 1.29 is 14.3 Å². The second kappa shape index (κ2) is 5.82. The number of benzene rings is 1. The molecule has 98 valence electrons. The Kier molecular flexibility index (Phi) is 4.15. The van der Waals surface area contributed by atoms with Gasteiger partial charge in [0, 0.05) is 26.2 Å². The molecule has 0 radical (unpaired) electrons. The van der Waals surface area contributed by atoms with Gasteiger partial charge >= 0.3 is 6.09 Å². The molecule has 1 aliphatic rings. The minimum atomic E-state index is -1.12. The lowest BCUT2D eigenvalue weighted by atomic mass is 10.2. The second-order valence-corrected chi connectivity index (χ2v) is 4.55. The summed E-state index contributed by atoms with van der Waals surface area (Å²) in [5.74, 6) is 0. The molecule has 1 aromatic carbocycles. The average Bonchev–Trinajstić information content (AvgIpc) is 2.52. The van der Waals surface area contributed by atoms with Gasteiger partial charge in [0.1, 0.15) is 6.17 Å². The van der Waals surface area contributed by atoms with Crippen LogP contribution in [-0.2, 0) is 6.54 Å². The monoisotopic (exact) mass is 252 g/mol. The van der Waals surface area contributed by atoms with Gasteiger partial charge in [0.05, 0.1) is 6.54 Å². The molecule has 1 amide bonds. The lowest BCUT2D eigenvalue weighted by molar-refractivity contribution is 0.136. The van der Waals surface area contributed by atoms with Crippen molar-refractivity contribution in [1.82, 2.24) is 9.80 Å². The van der Waals surface area contributed by atoms with Gasteiger partial charge in [0.25, 0.3) is 0 Å². The third-order valence-electron chi connectivity index (χ3n) is 3.08. The number of alkyl halides is 1. The summed E-state index contributed by atoms with van der Waals surface area (Å²) >= 11 is 0. The van der Waals surface area contributed by atoms with Gasteiger partial charge in [-0.15, -0.1) is 0 Å². The molecule has 0 saturated carbocycles. The maximum Gasteiger partial charge on any atom is 0.407 e. The Balaban J connectivity index is 1.96. The molecule has 1 aromatic rings. The van der Waals surface area contributed by atoms with Crippen molar-refractivity contribution in [2.24, 2.45) is 0 Å². The van der Waals surface area contributed by atoms with Gasteiger partial charge in [-0.3, -0.25) is 4.90 Å². The van der Waals surface area contributed by atoms with E-state index >= 15 is 0 Å². The quantitative estimate of drug-likeness (QED) is 0.873. The van der Waals surface area contributed by atoms with Crippen LogP contribution >= 0.6 is 0 Å². The summed E-state index contributed by atoms with van der Waals surface area (Å²) in [7, 11) is 0. The van der Waals surface area contributed by atoms with Gasteiger partial charge in [0.2, 0.25) is 0 Å². The smallest absolute Gasteiger partial charge is 0.407 e. The highest BCUT2D eigenvalue weighted by Gasteiger charge is 2.24. The van der Waals surface area contributed by atoms with Crippen LogP contribution in [0.5, 0.6) is 0 Å². The molecule has 1 saturated heterocycles. The van der Waals surface area contributed by atoms with Crippen molar-refractivity contribution >= 4 is 6.09 Å². The minimum Gasteiger partial charge on any atom is -0.465 e. The van der Waals surface area contributed by atoms with Gasteiger partial charge in [-0.2, -0.15) is 0 Å². The summed E-state index contributed by atoms with van der Waals surface area (Å²) < 4.78 is 13.7. The van der Waals surface area contributed by atoms with Crippen LogP contribution in [0.1, 0.15) is 5.56 Å². The molecule has 18 heavy (non-hydrogen) atoms. The van der Waals surface area contributed by atoms with Crippen LogP contribution in [0.15, 0.2) is 30.3 Å². The maximum absolute atomic E-state index is 13.7. The lowest BCUT2D eigenvalue weighted by Crippen LogP contribution is -2.35. The molecule has 1 aliphatic heterocycles. The largest absolute Gasteiger partial charge is 0.465 e. The molecule has 0 bridgehead atoms. The molecule has 1 fully saturated rings. The first-order valence-corrected chi connectivity index (χ1v) is 6.03. The highest BCUT2D eigenvalue weighted by Crippen LogP contribution is 2.11. The number of hydrogen-bond acceptors (Lipinski definition) is 2. The standard InChI is InChI=1S/C13H17FN2O2/c14-12-9-15(6-7-16(10-12)13(17)18)8-11-4-2-1-3-5-11/h1-5,12H,6-10H2,(H,17,18)/t12-/m1/s1. The van der Waals surface area contributed by atoms with Crippen LogP contribution in [0.4, 0.5) is 9.18 Å². The summed E-state index contributed by atoms with van der Waals surface area (Å²) in [5, 5.41) is 8.90. The first-order valence-electron chi connectivity index (χ1n) is 6.03. The van der Waals surface area contributed by atoms with Crippen LogP contribution in [-0.4, -0.2) is 53.4 Å². The molecule has 1 heterocycles. The molecule has 0 aromatic heterocycles.